The summed E-state index contributed by atoms with van der Waals surface area (Å²) >= 11 is 0. The van der Waals surface area contributed by atoms with Crippen molar-refractivity contribution in [1.82, 2.24) is 10.3 Å². The average Bonchev–Trinajstić information content (AvgIpc) is 3.34. The lowest BCUT2D eigenvalue weighted by Gasteiger charge is -2.27. The summed E-state index contributed by atoms with van der Waals surface area (Å²) < 4.78 is 38.7. The van der Waals surface area contributed by atoms with E-state index >= 15 is 0 Å². The van der Waals surface area contributed by atoms with Crippen molar-refractivity contribution in [3.05, 3.63) is 42.3 Å². The summed E-state index contributed by atoms with van der Waals surface area (Å²) in [5.41, 5.74) is 6.60. The zero-order valence-electron chi connectivity index (χ0n) is 17.9. The van der Waals surface area contributed by atoms with Crippen LogP contribution in [0, 0.1) is 11.7 Å². The number of halogens is 1. The topological polar surface area (TPSA) is 87.9 Å². The summed E-state index contributed by atoms with van der Waals surface area (Å²) in [6, 6.07) is 7.84. The number of benzene rings is 2. The molecular formula is C24H26FN3O4. The first-order valence-corrected chi connectivity index (χ1v) is 11.0. The quantitative estimate of drug-likeness (QED) is 0.554. The molecule has 3 heterocycles. The number of hydrogen-bond donors (Lipinski definition) is 2. The molecule has 5 rings (SSSR count). The molecule has 3 N–H and O–H groups in total. The van der Waals surface area contributed by atoms with Gasteiger partial charge in [0.1, 0.15) is 25.1 Å². The van der Waals surface area contributed by atoms with Crippen LogP contribution >= 0.6 is 0 Å². The molecular weight excluding hydrogens is 413 g/mol. The molecule has 0 bridgehead atoms. The van der Waals surface area contributed by atoms with Gasteiger partial charge in [0.15, 0.2) is 23.1 Å². The number of aromatic nitrogens is 1. The Morgan fingerprint density at radius 3 is 2.75 bits per heavy atom. The highest BCUT2D eigenvalue weighted by molar-refractivity contribution is 5.95. The van der Waals surface area contributed by atoms with E-state index in [-0.39, 0.29) is 11.9 Å². The van der Waals surface area contributed by atoms with E-state index in [4.69, 9.17) is 24.7 Å². The highest BCUT2D eigenvalue weighted by atomic mass is 19.1. The van der Waals surface area contributed by atoms with Crippen molar-refractivity contribution in [1.29, 1.82) is 0 Å². The van der Waals surface area contributed by atoms with E-state index in [1.54, 1.807) is 18.3 Å². The van der Waals surface area contributed by atoms with Gasteiger partial charge in [-0.25, -0.2) is 4.39 Å². The van der Waals surface area contributed by atoms with Crippen LogP contribution in [0.1, 0.15) is 19.8 Å². The first-order valence-electron chi connectivity index (χ1n) is 11.0. The number of rotatable bonds is 6. The standard InChI is InChI=1S/C24H26FN3O4/c1-2-18(14-5-7-27-13-14)31-21-12-17-22(24-23(21)29-9-10-30-24)20(6-8-28-17)32-19-4-3-15(26)11-16(19)25/h3-4,6,8,11-12,14,18,27H,2,5,7,9-10,13,26H2,1H3. The Morgan fingerprint density at radius 2 is 2.00 bits per heavy atom. The fourth-order valence-electron chi connectivity index (χ4n) is 4.34. The summed E-state index contributed by atoms with van der Waals surface area (Å²) in [6.45, 7) is 4.87. The minimum Gasteiger partial charge on any atom is -0.486 e. The first kappa shape index (κ1) is 20.6. The largest absolute Gasteiger partial charge is 0.486 e. The van der Waals surface area contributed by atoms with Crippen molar-refractivity contribution in [2.45, 2.75) is 25.9 Å². The van der Waals surface area contributed by atoms with Gasteiger partial charge in [-0.05, 0) is 37.6 Å². The van der Waals surface area contributed by atoms with Crippen molar-refractivity contribution in [2.75, 3.05) is 32.0 Å². The van der Waals surface area contributed by atoms with Crippen molar-refractivity contribution in [2.24, 2.45) is 5.92 Å². The van der Waals surface area contributed by atoms with Crippen LogP contribution < -0.4 is 30.0 Å². The highest BCUT2D eigenvalue weighted by Gasteiger charge is 2.29. The van der Waals surface area contributed by atoms with Crippen LogP contribution in [0.15, 0.2) is 36.5 Å². The van der Waals surface area contributed by atoms with Gasteiger partial charge in [0.2, 0.25) is 5.75 Å². The zero-order valence-corrected chi connectivity index (χ0v) is 17.9. The molecule has 0 spiro atoms. The lowest BCUT2D eigenvalue weighted by Crippen LogP contribution is -2.28. The van der Waals surface area contributed by atoms with Crippen LogP contribution in [0.3, 0.4) is 0 Å². The molecule has 0 radical (unpaired) electrons. The molecule has 2 aromatic carbocycles. The molecule has 7 nitrogen and oxygen atoms in total. The molecule has 2 aliphatic heterocycles. The smallest absolute Gasteiger partial charge is 0.204 e. The molecule has 0 amide bonds. The maximum Gasteiger partial charge on any atom is 0.204 e. The second-order valence-electron chi connectivity index (χ2n) is 8.04. The van der Waals surface area contributed by atoms with Crippen LogP contribution in [0.5, 0.6) is 28.7 Å². The van der Waals surface area contributed by atoms with Gasteiger partial charge in [-0.2, -0.15) is 0 Å². The van der Waals surface area contributed by atoms with Gasteiger partial charge in [0, 0.05) is 36.5 Å². The number of nitrogen functional groups attached to an aromatic ring is 1. The second kappa shape index (κ2) is 8.70. The van der Waals surface area contributed by atoms with Crippen LogP contribution in [-0.4, -0.2) is 37.4 Å². The Kier molecular flexibility index (Phi) is 5.61. The van der Waals surface area contributed by atoms with Gasteiger partial charge in [-0.3, -0.25) is 4.98 Å². The van der Waals surface area contributed by atoms with Crippen LogP contribution in [-0.2, 0) is 0 Å². The molecule has 1 fully saturated rings. The number of anilines is 1. The number of hydrogen-bond acceptors (Lipinski definition) is 7. The number of pyridine rings is 1. The van der Waals surface area contributed by atoms with Crippen molar-refractivity contribution in [3.63, 3.8) is 0 Å². The van der Waals surface area contributed by atoms with E-state index in [2.05, 4.69) is 17.2 Å². The molecule has 3 aromatic rings. The molecule has 8 heteroatoms. The summed E-state index contributed by atoms with van der Waals surface area (Å²) in [7, 11) is 0. The number of nitrogens with one attached hydrogen (secondary N) is 1. The summed E-state index contributed by atoms with van der Waals surface area (Å²) in [5.74, 6) is 2.01. The molecule has 0 saturated carbocycles. The van der Waals surface area contributed by atoms with E-state index in [1.807, 2.05) is 6.07 Å². The van der Waals surface area contributed by atoms with Gasteiger partial charge >= 0.3 is 0 Å². The Morgan fingerprint density at radius 1 is 1.16 bits per heavy atom. The summed E-state index contributed by atoms with van der Waals surface area (Å²) in [6.07, 6.45) is 3.63. The van der Waals surface area contributed by atoms with Gasteiger partial charge in [0.05, 0.1) is 10.9 Å². The number of nitrogens with zero attached hydrogens (tertiary/aromatic N) is 1. The first-order chi connectivity index (χ1) is 15.6. The molecule has 1 aromatic heterocycles. The molecule has 2 aliphatic rings. The third-order valence-corrected chi connectivity index (χ3v) is 5.92. The predicted molar refractivity (Wildman–Crippen MR) is 119 cm³/mol. The monoisotopic (exact) mass is 439 g/mol. The van der Waals surface area contributed by atoms with E-state index in [9.17, 15) is 4.39 Å². The highest BCUT2D eigenvalue weighted by Crippen LogP contribution is 2.49. The Labute approximate surface area is 185 Å². The summed E-state index contributed by atoms with van der Waals surface area (Å²) in [4.78, 5) is 4.50. The molecule has 32 heavy (non-hydrogen) atoms. The van der Waals surface area contributed by atoms with E-state index in [0.717, 1.165) is 25.9 Å². The second-order valence-corrected chi connectivity index (χ2v) is 8.04. The Bertz CT molecular complexity index is 1130. The van der Waals surface area contributed by atoms with Crippen molar-refractivity contribution < 1.29 is 23.3 Å². The van der Waals surface area contributed by atoms with E-state index in [1.165, 1.54) is 12.1 Å². The normalized spacial score (nSPS) is 18.5. The molecule has 1 saturated heterocycles. The third kappa shape index (κ3) is 3.86. The number of fused-ring (bicyclic) bond motifs is 3. The zero-order chi connectivity index (χ0) is 22.1. The maximum absolute atomic E-state index is 14.4. The van der Waals surface area contributed by atoms with E-state index in [0.29, 0.717) is 58.7 Å². The van der Waals surface area contributed by atoms with Gasteiger partial charge < -0.3 is 30.0 Å². The lowest BCUT2D eigenvalue weighted by molar-refractivity contribution is 0.119. The van der Waals surface area contributed by atoms with Crippen molar-refractivity contribution >= 4 is 16.6 Å². The Balaban J connectivity index is 1.57. The minimum absolute atomic E-state index is 0.0559. The van der Waals surface area contributed by atoms with Crippen LogP contribution in [0.2, 0.25) is 0 Å². The van der Waals surface area contributed by atoms with Crippen LogP contribution in [0.4, 0.5) is 10.1 Å². The number of nitrogens with two attached hydrogens (primary N) is 1. The third-order valence-electron chi connectivity index (χ3n) is 5.92. The molecule has 2 atom stereocenters. The minimum atomic E-state index is -0.545. The molecule has 168 valence electrons. The van der Waals surface area contributed by atoms with Gasteiger partial charge in [0.25, 0.3) is 0 Å². The lowest BCUT2D eigenvalue weighted by atomic mass is 9.99. The average molecular weight is 439 g/mol. The summed E-state index contributed by atoms with van der Waals surface area (Å²) in [5, 5.41) is 4.01. The van der Waals surface area contributed by atoms with Gasteiger partial charge in [-0.15, -0.1) is 0 Å². The SMILES string of the molecule is CCC(Oc1cc2nccc(Oc3ccc(N)cc3F)c2c2c1OCCO2)C1CCNC1. The van der Waals surface area contributed by atoms with Gasteiger partial charge in [-0.1, -0.05) is 6.92 Å². The van der Waals surface area contributed by atoms with Crippen molar-refractivity contribution in [3.8, 4) is 28.7 Å². The molecule has 2 unspecified atom stereocenters. The fourth-order valence-corrected chi connectivity index (χ4v) is 4.34. The fraction of sp³-hybridized carbons (Fsp3) is 0.375. The number of ether oxygens (including phenoxy) is 4. The van der Waals surface area contributed by atoms with Crippen LogP contribution in [0.25, 0.3) is 10.9 Å². The Hall–Kier alpha value is -3.26. The predicted octanol–water partition coefficient (Wildman–Crippen LogP) is 4.29. The maximum atomic E-state index is 14.4. The van der Waals surface area contributed by atoms with E-state index < -0.39 is 5.82 Å². The molecule has 0 aliphatic carbocycles.